The Hall–Kier alpha value is -1.96. The van der Waals surface area contributed by atoms with Crippen molar-refractivity contribution >= 4 is 10.0 Å². The summed E-state index contributed by atoms with van der Waals surface area (Å²) in [5.74, 6) is -0.744. The van der Waals surface area contributed by atoms with Crippen LogP contribution in [0.2, 0.25) is 0 Å². The van der Waals surface area contributed by atoms with Crippen molar-refractivity contribution in [2.45, 2.75) is 17.9 Å². The number of halogens is 1. The van der Waals surface area contributed by atoms with Crippen LogP contribution in [0.5, 0.6) is 5.75 Å². The summed E-state index contributed by atoms with van der Waals surface area (Å²) in [4.78, 5) is -0.166. The average molecular weight is 353 g/mol. The zero-order chi connectivity index (χ0) is 17.7. The summed E-state index contributed by atoms with van der Waals surface area (Å²) in [6.45, 7) is 1.96. The number of aryl methyl sites for hydroxylation is 1. The van der Waals surface area contributed by atoms with Crippen molar-refractivity contribution in [1.29, 1.82) is 0 Å². The van der Waals surface area contributed by atoms with Gasteiger partial charge in [0, 0.05) is 13.7 Å². The lowest BCUT2D eigenvalue weighted by Crippen LogP contribution is -2.29. The molecule has 2 aromatic rings. The van der Waals surface area contributed by atoms with E-state index in [0.717, 1.165) is 17.2 Å². The second-order valence-corrected chi connectivity index (χ2v) is 7.00. The Bertz CT molecular complexity index is 808. The molecular weight excluding hydrogens is 333 g/mol. The summed E-state index contributed by atoms with van der Waals surface area (Å²) >= 11 is 0. The van der Waals surface area contributed by atoms with E-state index in [1.165, 1.54) is 26.4 Å². The third-order valence-electron chi connectivity index (χ3n) is 3.71. The third kappa shape index (κ3) is 4.11. The minimum Gasteiger partial charge on any atom is -0.494 e. The second-order valence-electron chi connectivity index (χ2n) is 5.23. The van der Waals surface area contributed by atoms with Crippen LogP contribution in [0.3, 0.4) is 0 Å². The molecule has 1 atom stereocenters. The third-order valence-corrected chi connectivity index (χ3v) is 5.13. The Balaban J connectivity index is 2.17. The van der Waals surface area contributed by atoms with Gasteiger partial charge in [0.15, 0.2) is 11.6 Å². The zero-order valence-corrected chi connectivity index (χ0v) is 14.6. The lowest BCUT2D eigenvalue weighted by Gasteiger charge is -2.18. The van der Waals surface area contributed by atoms with E-state index < -0.39 is 21.9 Å². The van der Waals surface area contributed by atoms with Gasteiger partial charge in [-0.05, 0) is 36.2 Å². The normalized spacial score (nSPS) is 12.8. The SMILES string of the molecule is COc1ccc(S(=O)(=O)NC[C@H](OC)c2ccccc2C)cc1F. The van der Waals surface area contributed by atoms with Crippen LogP contribution in [-0.4, -0.2) is 29.2 Å². The highest BCUT2D eigenvalue weighted by Gasteiger charge is 2.20. The van der Waals surface area contributed by atoms with Crippen molar-refractivity contribution in [1.82, 2.24) is 4.72 Å². The predicted octanol–water partition coefficient (Wildman–Crippen LogP) is 2.81. The van der Waals surface area contributed by atoms with Crippen molar-refractivity contribution in [2.75, 3.05) is 20.8 Å². The highest BCUT2D eigenvalue weighted by Crippen LogP contribution is 2.22. The van der Waals surface area contributed by atoms with E-state index in [4.69, 9.17) is 9.47 Å². The van der Waals surface area contributed by atoms with Gasteiger partial charge >= 0.3 is 0 Å². The van der Waals surface area contributed by atoms with Crippen molar-refractivity contribution in [2.24, 2.45) is 0 Å². The summed E-state index contributed by atoms with van der Waals surface area (Å²) in [6, 6.07) is 11.1. The highest BCUT2D eigenvalue weighted by molar-refractivity contribution is 7.89. The number of hydrogen-bond acceptors (Lipinski definition) is 4. The molecule has 0 amide bonds. The van der Waals surface area contributed by atoms with Gasteiger partial charge in [-0.1, -0.05) is 24.3 Å². The molecule has 2 aromatic carbocycles. The molecule has 0 aromatic heterocycles. The standard InChI is InChI=1S/C17H20FNO4S/c1-12-6-4-5-7-14(12)17(23-3)11-19-24(20,21)13-8-9-16(22-2)15(18)10-13/h4-10,17,19H,11H2,1-3H3/t17-/m0/s1. The Kier molecular flexibility index (Phi) is 5.93. The van der Waals surface area contributed by atoms with Gasteiger partial charge in [0.1, 0.15) is 0 Å². The van der Waals surface area contributed by atoms with Gasteiger partial charge in [-0.15, -0.1) is 0 Å². The highest BCUT2D eigenvalue weighted by atomic mass is 32.2. The fourth-order valence-electron chi connectivity index (χ4n) is 2.35. The van der Waals surface area contributed by atoms with Gasteiger partial charge in [-0.3, -0.25) is 0 Å². The maximum atomic E-state index is 13.7. The van der Waals surface area contributed by atoms with E-state index >= 15 is 0 Å². The Labute approximate surface area is 141 Å². The molecule has 0 spiro atoms. The monoisotopic (exact) mass is 353 g/mol. The summed E-state index contributed by atoms with van der Waals surface area (Å²) in [7, 11) is -1.03. The molecule has 7 heteroatoms. The second kappa shape index (κ2) is 7.74. The summed E-state index contributed by atoms with van der Waals surface area (Å²) in [6.07, 6.45) is -0.441. The number of rotatable bonds is 7. The molecule has 0 saturated carbocycles. The Morgan fingerprint density at radius 1 is 1.17 bits per heavy atom. The number of methoxy groups -OCH3 is 2. The van der Waals surface area contributed by atoms with E-state index in [1.807, 2.05) is 31.2 Å². The molecule has 5 nitrogen and oxygen atoms in total. The molecule has 0 heterocycles. The van der Waals surface area contributed by atoms with Gasteiger partial charge in [-0.25, -0.2) is 17.5 Å². The van der Waals surface area contributed by atoms with Crippen LogP contribution in [0.25, 0.3) is 0 Å². The Morgan fingerprint density at radius 3 is 2.46 bits per heavy atom. The van der Waals surface area contributed by atoms with Gasteiger partial charge < -0.3 is 9.47 Å². The topological polar surface area (TPSA) is 64.6 Å². The molecule has 24 heavy (non-hydrogen) atoms. The van der Waals surface area contributed by atoms with E-state index in [2.05, 4.69) is 4.72 Å². The summed E-state index contributed by atoms with van der Waals surface area (Å²) in [5, 5.41) is 0. The van der Waals surface area contributed by atoms with E-state index in [-0.39, 0.29) is 17.2 Å². The summed E-state index contributed by atoms with van der Waals surface area (Å²) < 4.78 is 51.0. The molecule has 0 bridgehead atoms. The molecule has 130 valence electrons. The molecule has 0 unspecified atom stereocenters. The molecule has 1 N–H and O–H groups in total. The molecule has 0 fully saturated rings. The number of hydrogen-bond donors (Lipinski definition) is 1. The van der Waals surface area contributed by atoms with Crippen LogP contribution in [0.15, 0.2) is 47.4 Å². The molecule has 0 aliphatic heterocycles. The smallest absolute Gasteiger partial charge is 0.240 e. The van der Waals surface area contributed by atoms with Gasteiger partial charge in [0.05, 0.1) is 18.1 Å². The molecule has 0 saturated heterocycles. The molecular formula is C17H20FNO4S. The number of benzene rings is 2. The maximum absolute atomic E-state index is 13.7. The lowest BCUT2D eigenvalue weighted by atomic mass is 10.0. The first-order valence-electron chi connectivity index (χ1n) is 7.30. The van der Waals surface area contributed by atoms with Crippen molar-refractivity contribution in [3.63, 3.8) is 0 Å². The fourth-order valence-corrected chi connectivity index (χ4v) is 3.39. The minimum absolute atomic E-state index is 0.0105. The van der Waals surface area contributed by atoms with Crippen LogP contribution >= 0.6 is 0 Å². The molecule has 0 radical (unpaired) electrons. The molecule has 0 aliphatic rings. The first-order chi connectivity index (χ1) is 11.4. The quantitative estimate of drug-likeness (QED) is 0.831. The number of sulfonamides is 1. The molecule has 0 aliphatic carbocycles. The van der Waals surface area contributed by atoms with Crippen molar-refractivity contribution < 1.29 is 22.3 Å². The summed E-state index contributed by atoms with van der Waals surface area (Å²) in [5.41, 5.74) is 1.89. The van der Waals surface area contributed by atoms with Gasteiger partial charge in [0.25, 0.3) is 0 Å². The van der Waals surface area contributed by atoms with Gasteiger partial charge in [-0.2, -0.15) is 0 Å². The number of ether oxygens (including phenoxy) is 2. The lowest BCUT2D eigenvalue weighted by molar-refractivity contribution is 0.107. The first kappa shape index (κ1) is 18.4. The minimum atomic E-state index is -3.86. The number of nitrogens with one attached hydrogen (secondary N) is 1. The first-order valence-corrected chi connectivity index (χ1v) is 8.79. The van der Waals surface area contributed by atoms with Crippen LogP contribution in [0.4, 0.5) is 4.39 Å². The van der Waals surface area contributed by atoms with Crippen LogP contribution < -0.4 is 9.46 Å². The van der Waals surface area contributed by atoms with Crippen LogP contribution in [-0.2, 0) is 14.8 Å². The predicted molar refractivity (Wildman–Crippen MR) is 89.1 cm³/mol. The van der Waals surface area contributed by atoms with Crippen molar-refractivity contribution in [3.8, 4) is 5.75 Å². The Morgan fingerprint density at radius 2 is 1.88 bits per heavy atom. The van der Waals surface area contributed by atoms with E-state index in [1.54, 1.807) is 0 Å². The zero-order valence-electron chi connectivity index (χ0n) is 13.7. The van der Waals surface area contributed by atoms with Crippen molar-refractivity contribution in [3.05, 3.63) is 59.4 Å². The largest absolute Gasteiger partial charge is 0.494 e. The maximum Gasteiger partial charge on any atom is 0.240 e. The van der Waals surface area contributed by atoms with Gasteiger partial charge in [0.2, 0.25) is 10.0 Å². The fraction of sp³-hybridized carbons (Fsp3) is 0.294. The van der Waals surface area contributed by atoms with Crippen LogP contribution in [0.1, 0.15) is 17.2 Å². The average Bonchev–Trinajstić information content (AvgIpc) is 2.56. The van der Waals surface area contributed by atoms with Crippen LogP contribution in [0, 0.1) is 12.7 Å². The molecule has 2 rings (SSSR count). The van der Waals surface area contributed by atoms with E-state index in [0.29, 0.717) is 0 Å². The van der Waals surface area contributed by atoms with E-state index in [9.17, 15) is 12.8 Å².